The molecule has 2 fully saturated rings. The molecule has 2 saturated heterocycles. The van der Waals surface area contributed by atoms with Crippen molar-refractivity contribution in [2.75, 3.05) is 19.6 Å². The number of hydrogen-bond acceptors (Lipinski definition) is 6. The molecule has 4 rings (SSSR count). The second-order valence-electron chi connectivity index (χ2n) is 7.92. The van der Waals surface area contributed by atoms with Crippen LogP contribution in [0.4, 0.5) is 4.39 Å². The van der Waals surface area contributed by atoms with Gasteiger partial charge in [0.1, 0.15) is 11.7 Å². The first kappa shape index (κ1) is 19.7. The first-order valence-corrected chi connectivity index (χ1v) is 9.78. The van der Waals surface area contributed by atoms with Crippen molar-refractivity contribution in [3.05, 3.63) is 34.9 Å². The van der Waals surface area contributed by atoms with Crippen molar-refractivity contribution in [3.63, 3.8) is 0 Å². The van der Waals surface area contributed by atoms with Gasteiger partial charge in [-0.05, 0) is 30.9 Å². The molecule has 1 atom stereocenters. The molecule has 1 unspecified atom stereocenters. The molecule has 0 aromatic heterocycles. The van der Waals surface area contributed by atoms with Crippen LogP contribution < -0.4 is 11.1 Å². The van der Waals surface area contributed by atoms with Gasteiger partial charge in [-0.1, -0.05) is 12.1 Å². The van der Waals surface area contributed by atoms with Crippen LogP contribution in [0.25, 0.3) is 0 Å². The fraction of sp³-hybridized carbons (Fsp3) is 0.500. The molecule has 3 aliphatic rings. The molecule has 8 nitrogen and oxygen atoms in total. The molecule has 154 valence electrons. The number of carbonyl (C=O) groups excluding carboxylic acids is 4. The zero-order chi connectivity index (χ0) is 20.8. The van der Waals surface area contributed by atoms with Crippen LogP contribution in [-0.2, 0) is 16.1 Å². The zero-order valence-electron chi connectivity index (χ0n) is 15.9. The summed E-state index contributed by atoms with van der Waals surface area (Å²) in [6.45, 7) is 1.42. The Hall–Kier alpha value is -2.65. The quantitative estimate of drug-likeness (QED) is 0.703. The van der Waals surface area contributed by atoms with Crippen molar-refractivity contribution in [1.29, 1.82) is 0 Å². The molecule has 3 aliphatic heterocycles. The third-order valence-corrected chi connectivity index (χ3v) is 6.07. The number of piperidine rings is 2. The average Bonchev–Trinajstić information content (AvgIpc) is 2.96. The van der Waals surface area contributed by atoms with Gasteiger partial charge in [0.05, 0.1) is 11.1 Å². The van der Waals surface area contributed by atoms with E-state index in [1.165, 1.54) is 0 Å². The van der Waals surface area contributed by atoms with E-state index >= 15 is 0 Å². The van der Waals surface area contributed by atoms with Crippen LogP contribution in [0, 0.1) is 0 Å². The number of hydrogen-bond donors (Lipinski definition) is 2. The van der Waals surface area contributed by atoms with Crippen molar-refractivity contribution < 1.29 is 23.6 Å². The van der Waals surface area contributed by atoms with Gasteiger partial charge in [0.25, 0.3) is 11.8 Å². The number of halogens is 1. The number of imide groups is 2. The number of rotatable bonds is 4. The minimum atomic E-state index is -1.34. The third kappa shape index (κ3) is 3.44. The average molecular weight is 402 g/mol. The minimum Gasteiger partial charge on any atom is -0.328 e. The Morgan fingerprint density at radius 2 is 1.86 bits per heavy atom. The Bertz CT molecular complexity index is 894. The summed E-state index contributed by atoms with van der Waals surface area (Å²) >= 11 is 0. The summed E-state index contributed by atoms with van der Waals surface area (Å²) in [5.41, 5.74) is 5.40. The molecule has 0 spiro atoms. The lowest BCUT2D eigenvalue weighted by atomic mass is 9.93. The van der Waals surface area contributed by atoms with Crippen molar-refractivity contribution in [1.82, 2.24) is 15.1 Å². The number of carbonyl (C=O) groups is 4. The van der Waals surface area contributed by atoms with E-state index in [2.05, 4.69) is 5.32 Å². The Morgan fingerprint density at radius 1 is 1.14 bits per heavy atom. The summed E-state index contributed by atoms with van der Waals surface area (Å²) in [7, 11) is 0. The fourth-order valence-corrected chi connectivity index (χ4v) is 4.27. The highest BCUT2D eigenvalue weighted by atomic mass is 19.1. The Kier molecular flexibility index (Phi) is 4.95. The van der Waals surface area contributed by atoms with Gasteiger partial charge >= 0.3 is 0 Å². The summed E-state index contributed by atoms with van der Waals surface area (Å²) in [4.78, 5) is 52.5. The van der Waals surface area contributed by atoms with Crippen LogP contribution in [0.15, 0.2) is 18.2 Å². The molecule has 0 saturated carbocycles. The van der Waals surface area contributed by atoms with Gasteiger partial charge in [-0.25, -0.2) is 4.39 Å². The molecule has 1 aromatic carbocycles. The molecule has 29 heavy (non-hydrogen) atoms. The van der Waals surface area contributed by atoms with Crippen molar-refractivity contribution in [2.24, 2.45) is 5.73 Å². The molecular weight excluding hydrogens is 379 g/mol. The molecule has 3 N–H and O–H groups in total. The lowest BCUT2D eigenvalue weighted by Crippen LogP contribution is -2.54. The molecule has 3 heterocycles. The van der Waals surface area contributed by atoms with Crippen molar-refractivity contribution in [2.45, 2.75) is 43.9 Å². The zero-order valence-corrected chi connectivity index (χ0v) is 15.9. The number of nitrogens with one attached hydrogen (secondary N) is 1. The van der Waals surface area contributed by atoms with Gasteiger partial charge in [-0.15, -0.1) is 0 Å². The predicted molar refractivity (Wildman–Crippen MR) is 101 cm³/mol. The van der Waals surface area contributed by atoms with E-state index in [-0.39, 0.29) is 30.5 Å². The van der Waals surface area contributed by atoms with Crippen LogP contribution in [0.2, 0.25) is 0 Å². The standard InChI is InChI=1S/C20H23FN4O4/c21-20(11-22)6-8-24(9-7-20)10-12-2-1-3-13-16(12)19(29)25(18(13)28)14-4-5-15(26)23-17(14)27/h1-3,14H,4-11,22H2,(H,23,26,27). The smallest absolute Gasteiger partial charge is 0.262 e. The molecular formula is C20H23FN4O4. The number of alkyl halides is 1. The number of likely N-dealkylation sites (tertiary alicyclic amines) is 1. The molecule has 0 radical (unpaired) electrons. The summed E-state index contributed by atoms with van der Waals surface area (Å²) in [6, 6.07) is 4.07. The highest BCUT2D eigenvalue weighted by Gasteiger charge is 2.45. The van der Waals surface area contributed by atoms with E-state index in [1.807, 2.05) is 4.90 Å². The molecule has 9 heteroatoms. The van der Waals surface area contributed by atoms with Crippen molar-refractivity contribution in [3.8, 4) is 0 Å². The Balaban J connectivity index is 1.55. The highest BCUT2D eigenvalue weighted by molar-refractivity contribution is 6.24. The highest BCUT2D eigenvalue weighted by Crippen LogP contribution is 2.32. The molecule has 4 amide bonds. The van der Waals surface area contributed by atoms with E-state index in [9.17, 15) is 23.6 Å². The molecule has 1 aromatic rings. The summed E-state index contributed by atoms with van der Waals surface area (Å²) in [5, 5.41) is 2.19. The van der Waals surface area contributed by atoms with Crippen LogP contribution >= 0.6 is 0 Å². The van der Waals surface area contributed by atoms with Gasteiger partial charge in [0, 0.05) is 32.6 Å². The maximum absolute atomic E-state index is 14.3. The van der Waals surface area contributed by atoms with E-state index in [0.29, 0.717) is 38.0 Å². The van der Waals surface area contributed by atoms with Crippen LogP contribution in [0.5, 0.6) is 0 Å². The summed E-state index contributed by atoms with van der Waals surface area (Å²) in [6.07, 6.45) is 0.855. The second-order valence-corrected chi connectivity index (χ2v) is 7.92. The van der Waals surface area contributed by atoms with Gasteiger partial charge < -0.3 is 5.73 Å². The Morgan fingerprint density at radius 3 is 2.52 bits per heavy atom. The number of fused-ring (bicyclic) bond motifs is 1. The number of nitrogens with zero attached hydrogens (tertiary/aromatic N) is 2. The van der Waals surface area contributed by atoms with E-state index in [4.69, 9.17) is 5.73 Å². The summed E-state index contributed by atoms with van der Waals surface area (Å²) in [5.74, 6) is -2.08. The monoisotopic (exact) mass is 402 g/mol. The van der Waals surface area contributed by atoms with E-state index < -0.39 is 35.3 Å². The normalized spacial score (nSPS) is 24.6. The number of benzene rings is 1. The number of amides is 4. The fourth-order valence-electron chi connectivity index (χ4n) is 4.27. The van der Waals surface area contributed by atoms with E-state index in [1.54, 1.807) is 18.2 Å². The predicted octanol–water partition coefficient (Wildman–Crippen LogP) is 0.351. The third-order valence-electron chi connectivity index (χ3n) is 6.07. The SMILES string of the molecule is NCC1(F)CCN(Cc2cccc3c2C(=O)N(C2CCC(=O)NC2=O)C3=O)CC1. The Labute approximate surface area is 167 Å². The minimum absolute atomic E-state index is 0.00449. The van der Waals surface area contributed by atoms with Gasteiger partial charge in [-0.3, -0.25) is 34.3 Å². The first-order chi connectivity index (χ1) is 13.8. The lowest BCUT2D eigenvalue weighted by Gasteiger charge is -2.35. The summed E-state index contributed by atoms with van der Waals surface area (Å²) < 4.78 is 14.3. The van der Waals surface area contributed by atoms with Gasteiger partial charge in [0.15, 0.2) is 0 Å². The van der Waals surface area contributed by atoms with Crippen molar-refractivity contribution >= 4 is 23.6 Å². The van der Waals surface area contributed by atoms with Crippen LogP contribution in [0.1, 0.15) is 52.0 Å². The lowest BCUT2D eigenvalue weighted by molar-refractivity contribution is -0.136. The second kappa shape index (κ2) is 7.31. The molecule has 0 aliphatic carbocycles. The molecule has 0 bridgehead atoms. The first-order valence-electron chi connectivity index (χ1n) is 9.78. The topological polar surface area (TPSA) is 113 Å². The van der Waals surface area contributed by atoms with Gasteiger partial charge in [-0.2, -0.15) is 0 Å². The largest absolute Gasteiger partial charge is 0.328 e. The maximum atomic E-state index is 14.3. The maximum Gasteiger partial charge on any atom is 0.262 e. The number of nitrogens with two attached hydrogens (primary N) is 1. The van der Waals surface area contributed by atoms with Crippen LogP contribution in [-0.4, -0.2) is 64.8 Å². The van der Waals surface area contributed by atoms with Crippen LogP contribution in [0.3, 0.4) is 0 Å². The van der Waals surface area contributed by atoms with Gasteiger partial charge in [0.2, 0.25) is 11.8 Å². The van der Waals surface area contributed by atoms with E-state index in [0.717, 1.165) is 4.90 Å².